The van der Waals surface area contributed by atoms with Crippen molar-refractivity contribution >= 4 is 52.5 Å². The second-order valence-corrected chi connectivity index (χ2v) is 6.13. The number of carbonyl (C=O) groups is 1. The van der Waals surface area contributed by atoms with Crippen LogP contribution < -0.4 is 0 Å². The normalized spacial score (nSPS) is 12.0. The van der Waals surface area contributed by atoms with Gasteiger partial charge in [0.15, 0.2) is 5.02 Å². The molecule has 152 valence electrons. The molecule has 0 spiro atoms. The van der Waals surface area contributed by atoms with Crippen molar-refractivity contribution < 1.29 is 29.1 Å². The summed E-state index contributed by atoms with van der Waals surface area (Å²) < 4.78 is 18.9. The average molecular weight is 443 g/mol. The maximum absolute atomic E-state index is 14.0. The van der Waals surface area contributed by atoms with E-state index in [1.165, 1.54) is 19.1 Å². The summed E-state index contributed by atoms with van der Waals surface area (Å²) in [4.78, 5) is 26.3. The molecule has 8 nitrogen and oxygen atoms in total. The fourth-order valence-electron chi connectivity index (χ4n) is 2.19. The van der Waals surface area contributed by atoms with Crippen LogP contribution in [0.15, 0.2) is 40.9 Å². The van der Waals surface area contributed by atoms with Gasteiger partial charge in [0.05, 0.1) is 11.5 Å². The van der Waals surface area contributed by atoms with Crippen molar-refractivity contribution in [2.24, 2.45) is 4.99 Å². The van der Waals surface area contributed by atoms with Crippen molar-refractivity contribution in [2.75, 3.05) is 6.61 Å². The van der Waals surface area contributed by atoms with Crippen molar-refractivity contribution in [1.29, 1.82) is 0 Å². The van der Waals surface area contributed by atoms with Gasteiger partial charge in [-0.1, -0.05) is 35.3 Å². The van der Waals surface area contributed by atoms with E-state index in [1.54, 1.807) is 12.1 Å². The predicted molar refractivity (Wildman–Crippen MR) is 106 cm³/mol. The van der Waals surface area contributed by atoms with E-state index in [-0.39, 0.29) is 18.0 Å². The Kier molecular flexibility index (Phi) is 7.13. The van der Waals surface area contributed by atoms with Crippen LogP contribution in [0.1, 0.15) is 12.5 Å². The number of hydrogen-bond acceptors (Lipinski definition) is 7. The number of nitro benzene ring substituents is 1. The summed E-state index contributed by atoms with van der Waals surface area (Å²) in [6, 6.07) is 6.51. The van der Waals surface area contributed by atoms with Crippen LogP contribution in [0.3, 0.4) is 0 Å². The Balaban J connectivity index is 2.70. The molecule has 0 aromatic heterocycles. The van der Waals surface area contributed by atoms with E-state index < -0.39 is 49.3 Å². The lowest BCUT2D eigenvalue weighted by Gasteiger charge is -2.10. The fourth-order valence-corrected chi connectivity index (χ4v) is 2.77. The Morgan fingerprint density at radius 2 is 2.00 bits per heavy atom. The molecule has 0 radical (unpaired) electrons. The Labute approximate surface area is 173 Å². The SMILES string of the molecule is CCOC(=O)C(C=Nc1ccccc1O)=C(O)c1cc(F)c(Cl)c([N+](=O)[O-])c1Cl. The quantitative estimate of drug-likeness (QED) is 0.124. The van der Waals surface area contributed by atoms with E-state index in [0.29, 0.717) is 6.07 Å². The zero-order valence-electron chi connectivity index (χ0n) is 14.7. The summed E-state index contributed by atoms with van der Waals surface area (Å²) in [5, 5.41) is 29.9. The molecule has 2 aromatic rings. The number of rotatable bonds is 6. The lowest BCUT2D eigenvalue weighted by molar-refractivity contribution is -0.384. The molecule has 0 aliphatic rings. The van der Waals surface area contributed by atoms with Crippen LogP contribution in [-0.2, 0) is 9.53 Å². The van der Waals surface area contributed by atoms with Crippen molar-refractivity contribution in [3.05, 3.63) is 67.4 Å². The molecule has 2 rings (SSSR count). The summed E-state index contributed by atoms with van der Waals surface area (Å²) in [5.41, 5.74) is -2.06. The van der Waals surface area contributed by atoms with Crippen LogP contribution in [0.25, 0.3) is 5.76 Å². The molecule has 0 aliphatic carbocycles. The molecular formula is C18H13Cl2FN2O6. The monoisotopic (exact) mass is 442 g/mol. The number of hydrogen-bond donors (Lipinski definition) is 2. The Bertz CT molecular complexity index is 1040. The Morgan fingerprint density at radius 1 is 1.34 bits per heavy atom. The molecule has 0 saturated carbocycles. The molecular weight excluding hydrogens is 430 g/mol. The second-order valence-electron chi connectivity index (χ2n) is 5.37. The summed E-state index contributed by atoms with van der Waals surface area (Å²) in [7, 11) is 0. The van der Waals surface area contributed by atoms with Crippen molar-refractivity contribution in [1.82, 2.24) is 0 Å². The lowest BCUT2D eigenvalue weighted by Crippen LogP contribution is -2.12. The largest absolute Gasteiger partial charge is 0.506 e. The third-order valence-electron chi connectivity index (χ3n) is 3.54. The zero-order chi connectivity index (χ0) is 21.7. The van der Waals surface area contributed by atoms with Gasteiger partial charge in [-0.3, -0.25) is 15.1 Å². The van der Waals surface area contributed by atoms with Gasteiger partial charge in [0.25, 0.3) is 0 Å². The summed E-state index contributed by atoms with van der Waals surface area (Å²) in [6.45, 7) is 1.44. The maximum atomic E-state index is 14.0. The third-order valence-corrected chi connectivity index (χ3v) is 4.28. The first kappa shape index (κ1) is 22.1. The number of phenolic OH excluding ortho intramolecular Hbond substituents is 1. The number of carbonyl (C=O) groups excluding carboxylic acids is 1. The van der Waals surface area contributed by atoms with Crippen LogP contribution in [0.4, 0.5) is 15.8 Å². The smallest absolute Gasteiger partial charge is 0.343 e. The van der Waals surface area contributed by atoms with Crippen molar-refractivity contribution in [2.45, 2.75) is 6.92 Å². The number of aliphatic hydroxyl groups excluding tert-OH is 1. The van der Waals surface area contributed by atoms with Gasteiger partial charge >= 0.3 is 11.7 Å². The first-order valence-corrected chi connectivity index (χ1v) is 8.69. The van der Waals surface area contributed by atoms with Crippen LogP contribution >= 0.6 is 23.2 Å². The molecule has 11 heteroatoms. The highest BCUT2D eigenvalue weighted by Crippen LogP contribution is 2.40. The van der Waals surface area contributed by atoms with Crippen LogP contribution in [-0.4, -0.2) is 33.9 Å². The van der Waals surface area contributed by atoms with Crippen molar-refractivity contribution in [3.63, 3.8) is 0 Å². The van der Waals surface area contributed by atoms with E-state index in [4.69, 9.17) is 27.9 Å². The number of nitrogens with zero attached hydrogens (tertiary/aromatic N) is 2. The molecule has 0 aliphatic heterocycles. The first-order chi connectivity index (χ1) is 13.7. The molecule has 0 unspecified atom stereocenters. The molecule has 0 fully saturated rings. The topological polar surface area (TPSA) is 122 Å². The van der Waals surface area contributed by atoms with Gasteiger partial charge in [-0.25, -0.2) is 9.18 Å². The van der Waals surface area contributed by atoms with Gasteiger partial charge in [-0.2, -0.15) is 0 Å². The minimum atomic E-state index is -1.23. The van der Waals surface area contributed by atoms with Crippen LogP contribution in [0, 0.1) is 15.9 Å². The molecule has 2 aromatic carbocycles. The highest BCUT2D eigenvalue weighted by molar-refractivity contribution is 6.39. The van der Waals surface area contributed by atoms with Crippen molar-refractivity contribution in [3.8, 4) is 5.75 Å². The summed E-state index contributed by atoms with van der Waals surface area (Å²) in [6.07, 6.45) is 0.858. The van der Waals surface area contributed by atoms with Gasteiger partial charge in [0.2, 0.25) is 0 Å². The van der Waals surface area contributed by atoms with Gasteiger partial charge in [0.1, 0.15) is 33.6 Å². The molecule has 2 N–H and O–H groups in total. The highest BCUT2D eigenvalue weighted by atomic mass is 35.5. The fraction of sp³-hybridized carbons (Fsp3) is 0.111. The third kappa shape index (κ3) is 4.82. The molecule has 0 bridgehead atoms. The van der Waals surface area contributed by atoms with Gasteiger partial charge in [-0.15, -0.1) is 0 Å². The standard InChI is InChI=1S/C18H13Cl2FN2O6/c1-2-29-18(26)10(8-22-12-5-3-4-6-13(12)24)17(25)9-7-11(21)15(20)16(14(9)19)23(27)28/h3-8,24-25H,2H2,1H3. The number of benzene rings is 2. The average Bonchev–Trinajstić information content (AvgIpc) is 2.66. The van der Waals surface area contributed by atoms with Gasteiger partial charge in [-0.05, 0) is 25.1 Å². The Morgan fingerprint density at radius 3 is 2.59 bits per heavy atom. The number of aromatic hydroxyl groups is 1. The number of aliphatic imine (C=N–C) groups is 1. The molecule has 0 heterocycles. The van der Waals surface area contributed by atoms with Gasteiger partial charge in [0, 0.05) is 11.8 Å². The lowest BCUT2D eigenvalue weighted by atomic mass is 10.1. The van der Waals surface area contributed by atoms with Gasteiger partial charge < -0.3 is 14.9 Å². The molecule has 0 atom stereocenters. The second kappa shape index (κ2) is 9.35. The molecule has 29 heavy (non-hydrogen) atoms. The number of aliphatic hydroxyl groups is 1. The highest BCUT2D eigenvalue weighted by Gasteiger charge is 2.28. The summed E-state index contributed by atoms with van der Waals surface area (Å²) in [5.74, 6) is -3.42. The molecule has 0 amide bonds. The first-order valence-electron chi connectivity index (χ1n) is 7.93. The maximum Gasteiger partial charge on any atom is 0.343 e. The van der Waals surface area contributed by atoms with E-state index in [2.05, 4.69) is 4.99 Å². The number of nitro groups is 1. The van der Waals surface area contributed by atoms with E-state index in [9.17, 15) is 29.5 Å². The number of para-hydroxylation sites is 2. The minimum Gasteiger partial charge on any atom is -0.506 e. The van der Waals surface area contributed by atoms with E-state index in [0.717, 1.165) is 6.21 Å². The number of halogens is 3. The summed E-state index contributed by atoms with van der Waals surface area (Å²) >= 11 is 11.5. The predicted octanol–water partition coefficient (Wildman–Crippen LogP) is 4.98. The van der Waals surface area contributed by atoms with Crippen LogP contribution in [0.2, 0.25) is 10.0 Å². The van der Waals surface area contributed by atoms with Crippen LogP contribution in [0.5, 0.6) is 5.75 Å². The number of esters is 1. The minimum absolute atomic E-state index is 0.0569. The van der Waals surface area contributed by atoms with E-state index >= 15 is 0 Å². The number of phenols is 1. The Hall–Kier alpha value is -3.17. The van der Waals surface area contributed by atoms with E-state index in [1.807, 2.05) is 0 Å². The molecule has 0 saturated heterocycles. The number of ether oxygens (including phenoxy) is 1. The zero-order valence-corrected chi connectivity index (χ0v) is 16.2.